The first-order valence-corrected chi connectivity index (χ1v) is 6.61. The van der Waals surface area contributed by atoms with Gasteiger partial charge in [0.05, 0.1) is 6.33 Å². The maximum Gasteiger partial charge on any atom is 0.262 e. The molecule has 7 heteroatoms. The van der Waals surface area contributed by atoms with Crippen LogP contribution in [-0.4, -0.2) is 60.4 Å². The zero-order valence-electron chi connectivity index (χ0n) is 9.50. The van der Waals surface area contributed by atoms with E-state index in [0.29, 0.717) is 13.1 Å². The minimum Gasteiger partial charge on any atom is -0.339 e. The Morgan fingerprint density at radius 3 is 2.31 bits per heavy atom. The third-order valence-electron chi connectivity index (χ3n) is 2.75. The highest BCUT2D eigenvalue weighted by atomic mass is 32.2. The van der Waals surface area contributed by atoms with E-state index in [9.17, 15) is 8.42 Å². The molecule has 0 aromatic carbocycles. The van der Waals surface area contributed by atoms with Crippen LogP contribution < -0.4 is 0 Å². The number of hydrogen-bond donors (Lipinski definition) is 0. The Labute approximate surface area is 95.5 Å². The molecule has 0 spiro atoms. The van der Waals surface area contributed by atoms with Gasteiger partial charge in [-0.1, -0.05) is 0 Å². The standard InChI is InChI=1S/C9H16N4O2S/c1-11-3-5-13(6-4-11)16(14,15)9-7-12(2)8-10-9/h7-8H,3-6H2,1-2H3. The van der Waals surface area contributed by atoms with E-state index < -0.39 is 10.0 Å². The van der Waals surface area contributed by atoms with Crippen LogP contribution in [0.1, 0.15) is 0 Å². The molecule has 0 aliphatic carbocycles. The second kappa shape index (κ2) is 4.15. The van der Waals surface area contributed by atoms with Crippen molar-refractivity contribution in [3.63, 3.8) is 0 Å². The summed E-state index contributed by atoms with van der Waals surface area (Å²) in [6.45, 7) is 2.61. The fourth-order valence-electron chi connectivity index (χ4n) is 1.68. The molecular weight excluding hydrogens is 228 g/mol. The molecule has 1 fully saturated rings. The Balaban J connectivity index is 2.20. The van der Waals surface area contributed by atoms with Gasteiger partial charge in [-0.25, -0.2) is 13.4 Å². The summed E-state index contributed by atoms with van der Waals surface area (Å²) in [4.78, 5) is 6.02. The van der Waals surface area contributed by atoms with E-state index in [2.05, 4.69) is 9.88 Å². The van der Waals surface area contributed by atoms with E-state index >= 15 is 0 Å². The van der Waals surface area contributed by atoms with Crippen molar-refractivity contribution in [3.05, 3.63) is 12.5 Å². The molecule has 1 aliphatic heterocycles. The molecule has 1 aromatic heterocycles. The lowest BCUT2D eigenvalue weighted by atomic mass is 10.4. The highest BCUT2D eigenvalue weighted by Crippen LogP contribution is 2.14. The van der Waals surface area contributed by atoms with Gasteiger partial charge >= 0.3 is 0 Å². The lowest BCUT2D eigenvalue weighted by Crippen LogP contribution is -2.47. The summed E-state index contributed by atoms with van der Waals surface area (Å²) < 4.78 is 27.4. The molecule has 1 aliphatic rings. The van der Waals surface area contributed by atoms with Crippen molar-refractivity contribution in [2.75, 3.05) is 33.2 Å². The van der Waals surface area contributed by atoms with E-state index in [1.807, 2.05) is 7.05 Å². The number of nitrogens with zero attached hydrogens (tertiary/aromatic N) is 4. The first-order chi connectivity index (χ1) is 7.50. The molecule has 0 radical (unpaired) electrons. The van der Waals surface area contributed by atoms with Crippen LogP contribution in [0.15, 0.2) is 17.6 Å². The van der Waals surface area contributed by atoms with Gasteiger partial charge in [-0.05, 0) is 7.05 Å². The van der Waals surface area contributed by atoms with Gasteiger partial charge in [-0.3, -0.25) is 0 Å². The second-order valence-electron chi connectivity index (χ2n) is 4.08. The third kappa shape index (κ3) is 2.11. The van der Waals surface area contributed by atoms with E-state index in [-0.39, 0.29) is 5.03 Å². The topological polar surface area (TPSA) is 58.4 Å². The second-order valence-corrected chi connectivity index (χ2v) is 5.97. The summed E-state index contributed by atoms with van der Waals surface area (Å²) >= 11 is 0. The Morgan fingerprint density at radius 2 is 1.81 bits per heavy atom. The molecule has 16 heavy (non-hydrogen) atoms. The lowest BCUT2D eigenvalue weighted by Gasteiger charge is -2.30. The van der Waals surface area contributed by atoms with Crippen molar-refractivity contribution < 1.29 is 8.42 Å². The highest BCUT2D eigenvalue weighted by Gasteiger charge is 2.28. The zero-order chi connectivity index (χ0) is 11.8. The van der Waals surface area contributed by atoms with Gasteiger partial charge in [-0.15, -0.1) is 0 Å². The van der Waals surface area contributed by atoms with E-state index in [1.165, 1.54) is 16.8 Å². The van der Waals surface area contributed by atoms with Crippen LogP contribution in [0.25, 0.3) is 0 Å². The molecule has 2 rings (SSSR count). The molecule has 1 aromatic rings. The average Bonchev–Trinajstić information content (AvgIpc) is 2.66. The van der Waals surface area contributed by atoms with Crippen LogP contribution in [0.2, 0.25) is 0 Å². The normalized spacial score (nSPS) is 20.1. The Hall–Kier alpha value is -0.920. The molecule has 6 nitrogen and oxygen atoms in total. The highest BCUT2D eigenvalue weighted by molar-refractivity contribution is 7.89. The molecule has 0 saturated carbocycles. The molecule has 0 atom stereocenters. The average molecular weight is 244 g/mol. The quantitative estimate of drug-likeness (QED) is 0.694. The summed E-state index contributed by atoms with van der Waals surface area (Å²) in [5, 5.41) is 0.138. The Kier molecular flexibility index (Phi) is 3.00. The van der Waals surface area contributed by atoms with E-state index in [1.54, 1.807) is 11.6 Å². The molecule has 0 bridgehead atoms. The van der Waals surface area contributed by atoms with Crippen molar-refractivity contribution in [2.24, 2.45) is 7.05 Å². The number of likely N-dealkylation sites (N-methyl/N-ethyl adjacent to an activating group) is 1. The van der Waals surface area contributed by atoms with Crippen molar-refractivity contribution in [2.45, 2.75) is 5.03 Å². The largest absolute Gasteiger partial charge is 0.339 e. The third-order valence-corrected chi connectivity index (χ3v) is 4.53. The summed E-state index contributed by atoms with van der Waals surface area (Å²) in [5.74, 6) is 0. The Morgan fingerprint density at radius 1 is 1.19 bits per heavy atom. The Bertz CT molecular complexity index is 460. The molecule has 0 amide bonds. The van der Waals surface area contributed by atoms with Crippen molar-refractivity contribution in [3.8, 4) is 0 Å². The number of hydrogen-bond acceptors (Lipinski definition) is 4. The molecule has 0 N–H and O–H groups in total. The SMILES string of the molecule is CN1CCN(S(=O)(=O)c2cn(C)cn2)CC1. The predicted octanol–water partition coefficient (Wildman–Crippen LogP) is -0.644. The summed E-state index contributed by atoms with van der Waals surface area (Å²) in [6, 6.07) is 0. The van der Waals surface area contributed by atoms with Gasteiger partial charge in [0.25, 0.3) is 10.0 Å². The fraction of sp³-hybridized carbons (Fsp3) is 0.667. The molecule has 1 saturated heterocycles. The minimum absolute atomic E-state index is 0.138. The minimum atomic E-state index is -3.39. The van der Waals surface area contributed by atoms with Gasteiger partial charge in [0.1, 0.15) is 0 Å². The molecular formula is C9H16N4O2S. The molecule has 0 unspecified atom stereocenters. The van der Waals surface area contributed by atoms with Crippen molar-refractivity contribution in [1.29, 1.82) is 0 Å². The number of imidazole rings is 1. The first-order valence-electron chi connectivity index (χ1n) is 5.17. The van der Waals surface area contributed by atoms with Crippen molar-refractivity contribution >= 4 is 10.0 Å². The van der Waals surface area contributed by atoms with Crippen LogP contribution >= 0.6 is 0 Å². The van der Waals surface area contributed by atoms with E-state index in [4.69, 9.17) is 0 Å². The van der Waals surface area contributed by atoms with Crippen LogP contribution in [-0.2, 0) is 17.1 Å². The summed E-state index contributed by atoms with van der Waals surface area (Å²) in [6.07, 6.45) is 3.04. The van der Waals surface area contributed by atoms with Gasteiger partial charge in [0.2, 0.25) is 0 Å². The number of sulfonamides is 1. The van der Waals surface area contributed by atoms with Gasteiger partial charge in [0.15, 0.2) is 5.03 Å². The van der Waals surface area contributed by atoms with Crippen LogP contribution in [0, 0.1) is 0 Å². The smallest absolute Gasteiger partial charge is 0.262 e. The number of piperazine rings is 1. The van der Waals surface area contributed by atoms with Gasteiger partial charge < -0.3 is 9.47 Å². The monoisotopic (exact) mass is 244 g/mol. The van der Waals surface area contributed by atoms with Crippen LogP contribution in [0.5, 0.6) is 0 Å². The van der Waals surface area contributed by atoms with Crippen molar-refractivity contribution in [1.82, 2.24) is 18.8 Å². The van der Waals surface area contributed by atoms with Crippen LogP contribution in [0.3, 0.4) is 0 Å². The van der Waals surface area contributed by atoms with Gasteiger partial charge in [-0.2, -0.15) is 4.31 Å². The number of rotatable bonds is 2. The number of aromatic nitrogens is 2. The van der Waals surface area contributed by atoms with Gasteiger partial charge in [0, 0.05) is 39.4 Å². The molecule has 90 valence electrons. The van der Waals surface area contributed by atoms with E-state index in [0.717, 1.165) is 13.1 Å². The van der Waals surface area contributed by atoms with Crippen LogP contribution in [0.4, 0.5) is 0 Å². The summed E-state index contributed by atoms with van der Waals surface area (Å²) in [7, 11) is 0.361. The predicted molar refractivity (Wildman–Crippen MR) is 59.5 cm³/mol. The number of aryl methyl sites for hydroxylation is 1. The maximum atomic E-state index is 12.1. The first kappa shape index (κ1) is 11.6. The maximum absolute atomic E-state index is 12.1. The fourth-order valence-corrected chi connectivity index (χ4v) is 3.07. The summed E-state index contributed by atoms with van der Waals surface area (Å²) in [5.41, 5.74) is 0. The lowest BCUT2D eigenvalue weighted by molar-refractivity contribution is 0.222. The molecule has 2 heterocycles. The zero-order valence-corrected chi connectivity index (χ0v) is 10.3.